The lowest BCUT2D eigenvalue weighted by Gasteiger charge is -2.28. The van der Waals surface area contributed by atoms with E-state index in [1.54, 1.807) is 0 Å². The van der Waals surface area contributed by atoms with Crippen LogP contribution < -0.4 is 9.80 Å². The van der Waals surface area contributed by atoms with Crippen molar-refractivity contribution in [3.8, 4) is 44.5 Å². The standard InChI is InChI=1S/C92H60N2O4/c1-91(2)77-23-11-5-17-61(77)63-37-29-53(45-79(63)91)89-73-43-35-56(94(59-33-41-71-67-21-9-15-27-83(67)97-87(71)51-59)60-34-42-72-68-22-10-16-28-84(68)98-88(72)52-60)48-76(73)90(54-30-38-64-62-18-6-12-24-78(62)92(3,4)80(64)46-54)74-44-36-55(47-75(74)89)93(57-31-39-69-65-19-7-13-25-81(65)95-85(69)49-57)58-32-40-70-66-20-8-14-26-82(66)96-86(70)50-58/h5-52H,1-4H3. The van der Waals surface area contributed by atoms with E-state index in [1.807, 2.05) is 24.3 Å². The Bertz CT molecular complexity index is 6040. The van der Waals surface area contributed by atoms with Crippen molar-refractivity contribution >= 4 is 143 Å². The maximum absolute atomic E-state index is 6.72. The van der Waals surface area contributed by atoms with Crippen molar-refractivity contribution < 1.29 is 17.7 Å². The summed E-state index contributed by atoms with van der Waals surface area (Å²) in [5, 5.41) is 13.1. The maximum atomic E-state index is 6.72. The van der Waals surface area contributed by atoms with Crippen LogP contribution in [0.25, 0.3) is 154 Å². The Morgan fingerprint density at radius 1 is 0.204 bits per heavy atom. The number of fused-ring (bicyclic) bond motifs is 20. The molecular formula is C92H60N2O4. The van der Waals surface area contributed by atoms with Crippen molar-refractivity contribution in [3.63, 3.8) is 0 Å². The Morgan fingerprint density at radius 2 is 0.469 bits per heavy atom. The molecule has 0 bridgehead atoms. The molecule has 0 atom stereocenters. The molecule has 2 aliphatic rings. The van der Waals surface area contributed by atoms with Gasteiger partial charge in [-0.05, 0) is 198 Å². The zero-order valence-corrected chi connectivity index (χ0v) is 54.2. The van der Waals surface area contributed by atoms with Gasteiger partial charge < -0.3 is 27.5 Å². The molecule has 0 radical (unpaired) electrons. The van der Waals surface area contributed by atoms with Gasteiger partial charge in [0, 0.05) is 112 Å². The first-order chi connectivity index (χ1) is 48.1. The van der Waals surface area contributed by atoms with Crippen LogP contribution in [0.15, 0.2) is 309 Å². The predicted octanol–water partition coefficient (Wildman–Crippen LogP) is 26.5. The zero-order valence-electron chi connectivity index (χ0n) is 54.2. The molecule has 6 heteroatoms. The van der Waals surface area contributed by atoms with Crippen LogP contribution in [0.2, 0.25) is 0 Å². The third kappa shape index (κ3) is 7.85. The van der Waals surface area contributed by atoms with E-state index in [-0.39, 0.29) is 10.8 Å². The first-order valence-corrected chi connectivity index (χ1v) is 33.8. The van der Waals surface area contributed by atoms with Crippen molar-refractivity contribution in [1.82, 2.24) is 0 Å². The SMILES string of the molecule is CC1(C)c2ccccc2-c2ccc(-c3c4ccc(N(c5ccc6c(c5)oc5ccccc56)c5ccc6c(c5)oc5ccccc56)cc4c(-c4ccc5c(c4)C(C)(C)c4ccccc4-5)c4ccc(N(c5ccc6c(c5)oc5ccccc56)c5ccc6c(c5)oc5ccccc56)cc34)cc21. The molecule has 0 aliphatic heterocycles. The lowest BCUT2D eigenvalue weighted by atomic mass is 9.79. The number of rotatable bonds is 8. The van der Waals surface area contributed by atoms with Crippen LogP contribution in [-0.2, 0) is 10.8 Å². The number of furan rings is 4. The predicted molar refractivity (Wildman–Crippen MR) is 406 cm³/mol. The minimum atomic E-state index is -0.260. The second kappa shape index (κ2) is 20.1. The van der Waals surface area contributed by atoms with Crippen molar-refractivity contribution in [3.05, 3.63) is 313 Å². The third-order valence-corrected chi connectivity index (χ3v) is 21.8. The van der Waals surface area contributed by atoms with Crippen LogP contribution in [0.4, 0.5) is 34.1 Å². The Morgan fingerprint density at radius 3 is 0.806 bits per heavy atom. The first kappa shape index (κ1) is 55.0. The highest BCUT2D eigenvalue weighted by Crippen LogP contribution is 2.56. The summed E-state index contributed by atoms with van der Waals surface area (Å²) in [5.41, 5.74) is 27.0. The van der Waals surface area contributed by atoms with Crippen LogP contribution >= 0.6 is 0 Å². The molecule has 0 spiro atoms. The molecule has 0 saturated carbocycles. The summed E-state index contributed by atoms with van der Waals surface area (Å²) in [6.45, 7) is 9.53. The molecule has 98 heavy (non-hydrogen) atoms. The van der Waals surface area contributed by atoms with E-state index < -0.39 is 0 Å². The molecule has 0 fully saturated rings. The van der Waals surface area contributed by atoms with Crippen LogP contribution in [0.1, 0.15) is 49.9 Å². The van der Waals surface area contributed by atoms with Crippen LogP contribution in [0, 0.1) is 0 Å². The monoisotopic (exact) mass is 1260 g/mol. The van der Waals surface area contributed by atoms with Gasteiger partial charge in [0.15, 0.2) is 0 Å². The molecule has 0 saturated heterocycles. The van der Waals surface area contributed by atoms with Crippen molar-refractivity contribution in [2.75, 3.05) is 9.80 Å². The van der Waals surface area contributed by atoms with Gasteiger partial charge in [-0.2, -0.15) is 0 Å². The highest BCUT2D eigenvalue weighted by Gasteiger charge is 2.38. The summed E-state index contributed by atoms with van der Waals surface area (Å²) in [6, 6.07) is 107. The Hall–Kier alpha value is -12.4. The number of benzene rings is 15. The van der Waals surface area contributed by atoms with Crippen LogP contribution in [-0.4, -0.2) is 0 Å². The van der Waals surface area contributed by atoms with Crippen LogP contribution in [0.5, 0.6) is 0 Å². The second-order valence-electron chi connectivity index (χ2n) is 27.9. The van der Waals surface area contributed by atoms with Gasteiger partial charge in [-0.3, -0.25) is 0 Å². The molecule has 2 aliphatic carbocycles. The average Bonchev–Trinajstić information content (AvgIpc) is 0.817. The number of anilines is 6. The van der Waals surface area contributed by atoms with E-state index in [4.69, 9.17) is 17.7 Å². The van der Waals surface area contributed by atoms with Gasteiger partial charge in [0.05, 0.1) is 0 Å². The van der Waals surface area contributed by atoms with Gasteiger partial charge >= 0.3 is 0 Å². The molecule has 15 aromatic carbocycles. The molecule has 19 aromatic rings. The fraction of sp³-hybridized carbons (Fsp3) is 0.0652. The van der Waals surface area contributed by atoms with Gasteiger partial charge in [-0.25, -0.2) is 0 Å². The second-order valence-corrected chi connectivity index (χ2v) is 27.9. The summed E-state index contributed by atoms with van der Waals surface area (Å²) < 4.78 is 26.9. The Balaban J connectivity index is 0.866. The van der Waals surface area contributed by atoms with Crippen molar-refractivity contribution in [2.24, 2.45) is 0 Å². The molecule has 4 aromatic heterocycles. The normalized spacial score (nSPS) is 13.7. The Labute approximate surface area is 564 Å². The van der Waals surface area contributed by atoms with Gasteiger partial charge in [0.2, 0.25) is 0 Å². The summed E-state index contributed by atoms with van der Waals surface area (Å²) in [5.74, 6) is 0. The minimum absolute atomic E-state index is 0.260. The molecule has 0 amide bonds. The quantitative estimate of drug-likeness (QED) is 0.141. The van der Waals surface area contributed by atoms with E-state index in [0.29, 0.717) is 0 Å². The van der Waals surface area contributed by atoms with Crippen LogP contribution in [0.3, 0.4) is 0 Å². The molecule has 462 valence electrons. The average molecular weight is 1260 g/mol. The van der Waals surface area contributed by atoms with Gasteiger partial charge in [0.25, 0.3) is 0 Å². The highest BCUT2D eigenvalue weighted by molar-refractivity contribution is 6.23. The molecule has 6 nitrogen and oxygen atoms in total. The summed E-state index contributed by atoms with van der Waals surface area (Å²) in [4.78, 5) is 4.76. The molecule has 4 heterocycles. The number of nitrogens with zero attached hydrogens (tertiary/aromatic N) is 2. The molecule has 0 N–H and O–H groups in total. The smallest absolute Gasteiger partial charge is 0.137 e. The summed E-state index contributed by atoms with van der Waals surface area (Å²) in [6.07, 6.45) is 0. The topological polar surface area (TPSA) is 59.0 Å². The summed E-state index contributed by atoms with van der Waals surface area (Å²) >= 11 is 0. The number of para-hydroxylation sites is 4. The van der Waals surface area contributed by atoms with Crippen molar-refractivity contribution in [2.45, 2.75) is 38.5 Å². The lowest BCUT2D eigenvalue weighted by molar-refractivity contribution is 0.660. The largest absolute Gasteiger partial charge is 0.456 e. The maximum Gasteiger partial charge on any atom is 0.137 e. The fourth-order valence-electron chi connectivity index (χ4n) is 17.1. The highest BCUT2D eigenvalue weighted by atomic mass is 16.3. The van der Waals surface area contributed by atoms with E-state index in [1.165, 1.54) is 44.5 Å². The van der Waals surface area contributed by atoms with Gasteiger partial charge in [-0.15, -0.1) is 0 Å². The van der Waals surface area contributed by atoms with Crippen molar-refractivity contribution in [1.29, 1.82) is 0 Å². The number of hydrogen-bond donors (Lipinski definition) is 0. The van der Waals surface area contributed by atoms with E-state index in [0.717, 1.165) is 166 Å². The molecular weight excluding hydrogens is 1200 g/mol. The van der Waals surface area contributed by atoms with Gasteiger partial charge in [-0.1, -0.05) is 185 Å². The van der Waals surface area contributed by atoms with E-state index in [9.17, 15) is 0 Å². The fourth-order valence-corrected chi connectivity index (χ4v) is 17.1. The van der Waals surface area contributed by atoms with Gasteiger partial charge in [0.1, 0.15) is 44.7 Å². The third-order valence-electron chi connectivity index (χ3n) is 21.8. The molecule has 21 rings (SSSR count). The van der Waals surface area contributed by atoms with E-state index >= 15 is 0 Å². The van der Waals surface area contributed by atoms with E-state index in [2.05, 4.69) is 304 Å². The minimum Gasteiger partial charge on any atom is -0.456 e. The molecule has 0 unspecified atom stereocenters. The number of hydrogen-bond acceptors (Lipinski definition) is 6. The first-order valence-electron chi connectivity index (χ1n) is 33.8. The lowest BCUT2D eigenvalue weighted by Crippen LogP contribution is -2.15. The Kier molecular flexibility index (Phi) is 11.3. The summed E-state index contributed by atoms with van der Waals surface area (Å²) in [7, 11) is 0. The zero-order chi connectivity index (χ0) is 64.9.